The lowest BCUT2D eigenvalue weighted by atomic mass is 9.78. The zero-order chi connectivity index (χ0) is 14.1. The van der Waals surface area contributed by atoms with Crippen LogP contribution < -0.4 is 4.90 Å². The van der Waals surface area contributed by atoms with Crippen molar-refractivity contribution in [2.75, 3.05) is 11.4 Å². The second kappa shape index (κ2) is 5.60. The molecular formula is C15H19ClN2O2. The number of fused-ring (bicyclic) bond motifs is 1. The van der Waals surface area contributed by atoms with E-state index in [1.165, 1.54) is 50.8 Å². The highest BCUT2D eigenvalue weighted by molar-refractivity contribution is 6.33. The van der Waals surface area contributed by atoms with Crippen LogP contribution in [0.4, 0.5) is 5.82 Å². The monoisotopic (exact) mass is 294 g/mol. The highest BCUT2D eigenvalue weighted by Crippen LogP contribution is 2.39. The van der Waals surface area contributed by atoms with Crippen molar-refractivity contribution < 1.29 is 9.90 Å². The second-order valence-corrected chi connectivity index (χ2v) is 6.19. The Balaban J connectivity index is 1.89. The van der Waals surface area contributed by atoms with E-state index in [1.54, 1.807) is 0 Å². The summed E-state index contributed by atoms with van der Waals surface area (Å²) in [6.45, 7) is 0.973. The van der Waals surface area contributed by atoms with Gasteiger partial charge in [-0.15, -0.1) is 0 Å². The first-order chi connectivity index (χ1) is 9.66. The number of carbonyl (C=O) groups is 1. The molecule has 1 saturated heterocycles. The van der Waals surface area contributed by atoms with Crippen molar-refractivity contribution in [3.63, 3.8) is 0 Å². The molecule has 0 spiro atoms. The number of aromatic nitrogens is 1. The van der Waals surface area contributed by atoms with E-state index in [0.717, 1.165) is 18.3 Å². The van der Waals surface area contributed by atoms with Crippen molar-refractivity contribution in [2.45, 2.75) is 44.6 Å². The van der Waals surface area contributed by atoms with Gasteiger partial charge in [0.2, 0.25) is 0 Å². The number of nitrogens with zero attached hydrogens (tertiary/aromatic N) is 2. The fraction of sp³-hybridized carbons (Fsp3) is 0.600. The van der Waals surface area contributed by atoms with Gasteiger partial charge < -0.3 is 10.0 Å². The van der Waals surface area contributed by atoms with Gasteiger partial charge in [0.15, 0.2) is 0 Å². The fourth-order valence-corrected chi connectivity index (χ4v) is 3.92. The van der Waals surface area contributed by atoms with Crippen LogP contribution in [0.15, 0.2) is 12.3 Å². The summed E-state index contributed by atoms with van der Waals surface area (Å²) in [5.74, 6) is 0.517. The second-order valence-electron chi connectivity index (χ2n) is 5.78. The highest BCUT2D eigenvalue weighted by Gasteiger charge is 2.34. The van der Waals surface area contributed by atoms with Crippen LogP contribution in [0.25, 0.3) is 0 Å². The third-order valence-corrected chi connectivity index (χ3v) is 4.86. The lowest BCUT2D eigenvalue weighted by molar-refractivity contribution is 0.0696. The molecule has 0 aromatic carbocycles. The van der Waals surface area contributed by atoms with Gasteiger partial charge in [0.05, 0.1) is 10.6 Å². The molecule has 20 heavy (non-hydrogen) atoms. The number of aromatic carboxylic acids is 1. The van der Waals surface area contributed by atoms with E-state index in [2.05, 4.69) is 9.88 Å². The molecule has 5 heteroatoms. The highest BCUT2D eigenvalue weighted by atomic mass is 35.5. The number of hydrogen-bond acceptors (Lipinski definition) is 3. The van der Waals surface area contributed by atoms with Gasteiger partial charge in [-0.25, -0.2) is 9.78 Å². The van der Waals surface area contributed by atoms with Crippen molar-refractivity contribution in [1.82, 2.24) is 4.98 Å². The quantitative estimate of drug-likeness (QED) is 0.905. The van der Waals surface area contributed by atoms with Crippen LogP contribution in [0.5, 0.6) is 0 Å². The normalized spacial score (nSPS) is 26.1. The Hall–Kier alpha value is -1.29. The van der Waals surface area contributed by atoms with E-state index in [4.69, 9.17) is 16.7 Å². The molecule has 1 N–H and O–H groups in total. The summed E-state index contributed by atoms with van der Waals surface area (Å²) >= 11 is 6.27. The van der Waals surface area contributed by atoms with Gasteiger partial charge in [0.25, 0.3) is 0 Å². The van der Waals surface area contributed by atoms with Gasteiger partial charge in [-0.05, 0) is 37.7 Å². The van der Waals surface area contributed by atoms with Gasteiger partial charge in [0, 0.05) is 18.8 Å². The maximum absolute atomic E-state index is 11.0. The third kappa shape index (κ3) is 2.49. The molecule has 108 valence electrons. The number of halogens is 1. The molecule has 2 heterocycles. The molecule has 1 saturated carbocycles. The largest absolute Gasteiger partial charge is 0.478 e. The van der Waals surface area contributed by atoms with Crippen molar-refractivity contribution in [1.29, 1.82) is 0 Å². The number of rotatable bonds is 2. The maximum atomic E-state index is 11.0. The van der Waals surface area contributed by atoms with Crippen LogP contribution in [0.1, 0.15) is 48.9 Å². The molecule has 0 bridgehead atoms. The molecule has 1 aliphatic heterocycles. The van der Waals surface area contributed by atoms with Crippen LogP contribution in [-0.4, -0.2) is 28.6 Å². The molecule has 0 unspecified atom stereocenters. The van der Waals surface area contributed by atoms with Gasteiger partial charge in [-0.1, -0.05) is 24.4 Å². The predicted octanol–water partition coefficient (Wildman–Crippen LogP) is 3.59. The van der Waals surface area contributed by atoms with Gasteiger partial charge >= 0.3 is 5.97 Å². The molecule has 0 radical (unpaired) electrons. The molecule has 1 aliphatic carbocycles. The predicted molar refractivity (Wildman–Crippen MR) is 78.5 cm³/mol. The first-order valence-corrected chi connectivity index (χ1v) is 7.70. The minimum atomic E-state index is -0.986. The van der Waals surface area contributed by atoms with Crippen molar-refractivity contribution in [2.24, 2.45) is 5.92 Å². The number of anilines is 1. The first-order valence-electron chi connectivity index (χ1n) is 7.32. The summed E-state index contributed by atoms with van der Waals surface area (Å²) in [6.07, 6.45) is 8.97. The molecule has 3 rings (SSSR count). The molecular weight excluding hydrogens is 276 g/mol. The Morgan fingerprint density at radius 1 is 1.30 bits per heavy atom. The Kier molecular flexibility index (Phi) is 3.83. The maximum Gasteiger partial charge on any atom is 0.337 e. The lowest BCUT2D eigenvalue weighted by Crippen LogP contribution is -2.47. The molecule has 1 aromatic heterocycles. The smallest absolute Gasteiger partial charge is 0.337 e. The lowest BCUT2D eigenvalue weighted by Gasteiger charge is -2.45. The molecule has 1 aromatic rings. The summed E-state index contributed by atoms with van der Waals surface area (Å²) < 4.78 is 0. The average Bonchev–Trinajstić information content (AvgIpc) is 2.46. The standard InChI is InChI=1S/C15H19ClN2O2/c16-12-8-11(15(19)20)9-17-14(12)18-7-3-5-10-4-1-2-6-13(10)18/h8-10,13H,1-7H2,(H,19,20)/t10-,13-/m1/s1. The average molecular weight is 295 g/mol. The van der Waals surface area contributed by atoms with Gasteiger partial charge in [-0.3, -0.25) is 0 Å². The topological polar surface area (TPSA) is 53.4 Å². The fourth-order valence-electron chi connectivity index (χ4n) is 3.65. The van der Waals surface area contributed by atoms with Crippen molar-refractivity contribution in [3.8, 4) is 0 Å². The van der Waals surface area contributed by atoms with E-state index < -0.39 is 5.97 Å². The number of carboxylic acid groups (broad SMARTS) is 1. The Morgan fingerprint density at radius 3 is 2.80 bits per heavy atom. The van der Waals surface area contributed by atoms with Gasteiger partial charge in [0.1, 0.15) is 5.82 Å². The van der Waals surface area contributed by atoms with Crippen LogP contribution in [0.2, 0.25) is 5.02 Å². The first kappa shape index (κ1) is 13.7. The van der Waals surface area contributed by atoms with Crippen LogP contribution in [0.3, 0.4) is 0 Å². The minimum absolute atomic E-state index is 0.149. The summed E-state index contributed by atoms with van der Waals surface area (Å²) in [4.78, 5) is 17.6. The van der Waals surface area contributed by atoms with E-state index >= 15 is 0 Å². The minimum Gasteiger partial charge on any atom is -0.478 e. The molecule has 4 nitrogen and oxygen atoms in total. The van der Waals surface area contributed by atoms with E-state index in [-0.39, 0.29) is 5.56 Å². The number of pyridine rings is 1. The molecule has 2 aliphatic rings. The Bertz CT molecular complexity index is 519. The number of carboxylic acids is 1. The third-order valence-electron chi connectivity index (χ3n) is 4.58. The number of hydrogen-bond donors (Lipinski definition) is 1. The van der Waals surface area contributed by atoms with E-state index in [1.807, 2.05) is 0 Å². The zero-order valence-electron chi connectivity index (χ0n) is 11.4. The van der Waals surface area contributed by atoms with E-state index in [9.17, 15) is 4.79 Å². The van der Waals surface area contributed by atoms with Crippen LogP contribution >= 0.6 is 11.6 Å². The molecule has 2 atom stereocenters. The molecule has 0 amide bonds. The number of piperidine rings is 1. The summed E-state index contributed by atoms with van der Waals surface area (Å²) in [5.41, 5.74) is 0.149. The SMILES string of the molecule is O=C(O)c1cnc(N2CCC[C@H]3CCCC[C@H]32)c(Cl)c1. The van der Waals surface area contributed by atoms with Crippen molar-refractivity contribution in [3.05, 3.63) is 22.8 Å². The Morgan fingerprint density at radius 2 is 2.05 bits per heavy atom. The summed E-state index contributed by atoms with van der Waals surface area (Å²) in [5, 5.41) is 9.44. The van der Waals surface area contributed by atoms with Crippen LogP contribution in [-0.2, 0) is 0 Å². The van der Waals surface area contributed by atoms with Gasteiger partial charge in [-0.2, -0.15) is 0 Å². The van der Waals surface area contributed by atoms with Crippen molar-refractivity contribution >= 4 is 23.4 Å². The summed E-state index contributed by atoms with van der Waals surface area (Å²) in [7, 11) is 0. The Labute approximate surface area is 123 Å². The van der Waals surface area contributed by atoms with Crippen LogP contribution in [0, 0.1) is 5.92 Å². The zero-order valence-corrected chi connectivity index (χ0v) is 12.1. The molecule has 2 fully saturated rings. The summed E-state index contributed by atoms with van der Waals surface area (Å²) in [6, 6.07) is 2.04. The van der Waals surface area contributed by atoms with E-state index in [0.29, 0.717) is 11.1 Å².